The van der Waals surface area contributed by atoms with E-state index in [4.69, 9.17) is 0 Å². The summed E-state index contributed by atoms with van der Waals surface area (Å²) in [4.78, 5) is 24.2. The molecule has 5 nitrogen and oxygen atoms in total. The van der Waals surface area contributed by atoms with Crippen LogP contribution in [0.2, 0.25) is 0 Å². The van der Waals surface area contributed by atoms with Gasteiger partial charge >= 0.3 is 5.97 Å². The average Bonchev–Trinajstić information content (AvgIpc) is 2.55. The Hall–Kier alpha value is -3.22. The number of carbonyl (C=O) groups is 1. The molecule has 1 aromatic heterocycles. The number of halogens is 2. The van der Waals surface area contributed by atoms with Crippen molar-refractivity contribution in [1.82, 2.24) is 4.57 Å². The molecule has 7 heteroatoms. The molecule has 3 rings (SSSR count). The summed E-state index contributed by atoms with van der Waals surface area (Å²) in [7, 11) is 1.51. The number of carboxylic acids is 1. The fraction of sp³-hybridized carbons (Fsp3) is 0.0588. The number of hydrogen-bond acceptors (Lipinski definition) is 3. The molecule has 0 unspecified atom stereocenters. The van der Waals surface area contributed by atoms with Crippen molar-refractivity contribution in [3.63, 3.8) is 0 Å². The summed E-state index contributed by atoms with van der Waals surface area (Å²) < 4.78 is 27.7. The van der Waals surface area contributed by atoms with E-state index in [1.807, 2.05) is 0 Å². The second-order valence-electron chi connectivity index (χ2n) is 5.19. The lowest BCUT2D eigenvalue weighted by Crippen LogP contribution is -2.24. The number of aromatic nitrogens is 1. The second kappa shape index (κ2) is 5.77. The Morgan fingerprint density at radius 3 is 2.50 bits per heavy atom. The van der Waals surface area contributed by atoms with Crippen LogP contribution < -0.4 is 10.9 Å². The topological polar surface area (TPSA) is 71.3 Å². The van der Waals surface area contributed by atoms with Crippen molar-refractivity contribution in [3.8, 4) is 0 Å². The molecule has 2 aromatic carbocycles. The molecule has 24 heavy (non-hydrogen) atoms. The number of aromatic carboxylic acids is 1. The fourth-order valence-electron chi connectivity index (χ4n) is 2.55. The van der Waals surface area contributed by atoms with E-state index in [0.717, 1.165) is 12.1 Å². The normalized spacial score (nSPS) is 10.8. The van der Waals surface area contributed by atoms with E-state index < -0.39 is 23.2 Å². The zero-order valence-electron chi connectivity index (χ0n) is 12.5. The van der Waals surface area contributed by atoms with Crippen LogP contribution in [0.3, 0.4) is 0 Å². The summed E-state index contributed by atoms with van der Waals surface area (Å²) >= 11 is 0. The Kier molecular flexibility index (Phi) is 3.76. The Morgan fingerprint density at radius 2 is 1.83 bits per heavy atom. The van der Waals surface area contributed by atoms with E-state index in [1.165, 1.54) is 17.7 Å². The molecule has 0 radical (unpaired) electrons. The molecular formula is C17H12F2N2O3. The molecule has 0 bridgehead atoms. The maximum absolute atomic E-state index is 13.4. The number of nitrogens with zero attached hydrogens (tertiary/aromatic N) is 1. The summed E-state index contributed by atoms with van der Waals surface area (Å²) in [6.45, 7) is 0. The number of para-hydroxylation sites is 1. The number of hydrogen-bond donors (Lipinski definition) is 2. The number of nitrogens with one attached hydrogen (secondary N) is 1. The predicted octanol–water partition coefficient (Wildman–Crippen LogP) is 3.26. The van der Waals surface area contributed by atoms with E-state index in [-0.39, 0.29) is 16.9 Å². The summed E-state index contributed by atoms with van der Waals surface area (Å²) in [5.41, 5.74) is -0.497. The van der Waals surface area contributed by atoms with Crippen LogP contribution in [0.4, 0.5) is 20.2 Å². The summed E-state index contributed by atoms with van der Waals surface area (Å²) in [5.74, 6) is -3.44. The van der Waals surface area contributed by atoms with Crippen LogP contribution >= 0.6 is 0 Å². The van der Waals surface area contributed by atoms with Gasteiger partial charge in [-0.2, -0.15) is 0 Å². The third-order valence-electron chi connectivity index (χ3n) is 3.71. The van der Waals surface area contributed by atoms with E-state index in [0.29, 0.717) is 10.9 Å². The van der Waals surface area contributed by atoms with Gasteiger partial charge in [0.15, 0.2) is 11.6 Å². The van der Waals surface area contributed by atoms with Crippen LogP contribution in [0.5, 0.6) is 0 Å². The minimum absolute atomic E-state index is 0.0729. The van der Waals surface area contributed by atoms with E-state index >= 15 is 0 Å². The molecule has 0 aliphatic rings. The van der Waals surface area contributed by atoms with Crippen molar-refractivity contribution in [2.24, 2.45) is 7.05 Å². The minimum Gasteiger partial charge on any atom is -0.478 e. The Labute approximate surface area is 134 Å². The summed E-state index contributed by atoms with van der Waals surface area (Å²) in [6.07, 6.45) is 0. The molecule has 3 aromatic rings. The van der Waals surface area contributed by atoms with Crippen molar-refractivity contribution in [2.45, 2.75) is 0 Å². The second-order valence-corrected chi connectivity index (χ2v) is 5.19. The van der Waals surface area contributed by atoms with Crippen molar-refractivity contribution in [1.29, 1.82) is 0 Å². The number of rotatable bonds is 3. The first-order valence-electron chi connectivity index (χ1n) is 6.97. The van der Waals surface area contributed by atoms with E-state index in [1.54, 1.807) is 24.3 Å². The summed E-state index contributed by atoms with van der Waals surface area (Å²) in [6, 6.07) is 9.52. The predicted molar refractivity (Wildman–Crippen MR) is 85.8 cm³/mol. The third kappa shape index (κ3) is 2.50. The average molecular weight is 330 g/mol. The molecular weight excluding hydrogens is 318 g/mol. The molecule has 0 amide bonds. The Morgan fingerprint density at radius 1 is 1.12 bits per heavy atom. The lowest BCUT2D eigenvalue weighted by atomic mass is 10.1. The lowest BCUT2D eigenvalue weighted by molar-refractivity contribution is 0.0700. The zero-order chi connectivity index (χ0) is 17.4. The van der Waals surface area contributed by atoms with Crippen LogP contribution in [-0.2, 0) is 7.05 Å². The van der Waals surface area contributed by atoms with Gasteiger partial charge in [0.1, 0.15) is 5.69 Å². The molecule has 2 N–H and O–H groups in total. The number of anilines is 2. The highest BCUT2D eigenvalue weighted by atomic mass is 19.2. The molecule has 1 heterocycles. The SMILES string of the molecule is Cn1c(=O)c(Nc2ccc(F)c(F)c2)c(C(=O)O)c2ccccc21. The molecule has 0 aliphatic carbocycles. The lowest BCUT2D eigenvalue weighted by Gasteiger charge is -2.14. The van der Waals surface area contributed by atoms with Crippen LogP contribution in [0.1, 0.15) is 10.4 Å². The zero-order valence-corrected chi connectivity index (χ0v) is 12.5. The van der Waals surface area contributed by atoms with Crippen molar-refractivity contribution >= 4 is 28.2 Å². The van der Waals surface area contributed by atoms with Crippen molar-refractivity contribution < 1.29 is 18.7 Å². The number of pyridine rings is 1. The maximum atomic E-state index is 13.4. The van der Waals surface area contributed by atoms with E-state index in [9.17, 15) is 23.5 Å². The molecule has 0 saturated carbocycles. The van der Waals surface area contributed by atoms with Gasteiger partial charge < -0.3 is 15.0 Å². The maximum Gasteiger partial charge on any atom is 0.338 e. The van der Waals surface area contributed by atoms with E-state index in [2.05, 4.69) is 5.32 Å². The van der Waals surface area contributed by atoms with Gasteiger partial charge in [0.2, 0.25) is 0 Å². The number of fused-ring (bicyclic) bond motifs is 1. The van der Waals surface area contributed by atoms with Gasteiger partial charge in [-0.3, -0.25) is 4.79 Å². The van der Waals surface area contributed by atoms with Crippen LogP contribution in [-0.4, -0.2) is 15.6 Å². The Balaban J connectivity index is 2.28. The highest BCUT2D eigenvalue weighted by molar-refractivity contribution is 6.08. The van der Waals surface area contributed by atoms with Crippen molar-refractivity contribution in [3.05, 3.63) is 70.0 Å². The molecule has 0 aliphatic heterocycles. The largest absolute Gasteiger partial charge is 0.478 e. The highest BCUT2D eigenvalue weighted by Crippen LogP contribution is 2.26. The highest BCUT2D eigenvalue weighted by Gasteiger charge is 2.20. The molecule has 0 atom stereocenters. The van der Waals surface area contributed by atoms with Gasteiger partial charge in [0, 0.05) is 24.2 Å². The van der Waals surface area contributed by atoms with Gasteiger partial charge in [0.25, 0.3) is 5.56 Å². The molecule has 0 saturated heterocycles. The standard InChI is InChI=1S/C17H12F2N2O3/c1-21-13-5-3-2-4-10(13)14(17(23)24)15(16(21)22)20-9-6-7-11(18)12(19)8-9/h2-8,20H,1H3,(H,23,24). The third-order valence-corrected chi connectivity index (χ3v) is 3.71. The van der Waals surface area contributed by atoms with Gasteiger partial charge in [-0.1, -0.05) is 18.2 Å². The number of benzene rings is 2. The number of carboxylic acid groups (broad SMARTS) is 1. The number of aryl methyl sites for hydroxylation is 1. The quantitative estimate of drug-likeness (QED) is 0.773. The first kappa shape index (κ1) is 15.7. The van der Waals surface area contributed by atoms with Crippen LogP contribution in [0, 0.1) is 11.6 Å². The van der Waals surface area contributed by atoms with Gasteiger partial charge in [0.05, 0.1) is 11.1 Å². The van der Waals surface area contributed by atoms with Crippen LogP contribution in [0.25, 0.3) is 10.9 Å². The monoisotopic (exact) mass is 330 g/mol. The molecule has 0 spiro atoms. The smallest absolute Gasteiger partial charge is 0.338 e. The van der Waals surface area contributed by atoms with Gasteiger partial charge in [-0.25, -0.2) is 13.6 Å². The molecule has 122 valence electrons. The van der Waals surface area contributed by atoms with Crippen molar-refractivity contribution in [2.75, 3.05) is 5.32 Å². The summed E-state index contributed by atoms with van der Waals surface area (Å²) in [5, 5.41) is 12.5. The van der Waals surface area contributed by atoms with Gasteiger partial charge in [-0.05, 0) is 18.2 Å². The fourth-order valence-corrected chi connectivity index (χ4v) is 2.55. The first-order valence-corrected chi connectivity index (χ1v) is 6.97. The van der Waals surface area contributed by atoms with Gasteiger partial charge in [-0.15, -0.1) is 0 Å². The minimum atomic E-state index is -1.30. The Bertz CT molecular complexity index is 1030. The first-order chi connectivity index (χ1) is 11.4. The molecule has 0 fully saturated rings. The van der Waals surface area contributed by atoms with Crippen LogP contribution in [0.15, 0.2) is 47.3 Å².